The molecule has 0 bridgehead atoms. The Labute approximate surface area is 182 Å². The molecule has 3 aromatic rings. The van der Waals surface area contributed by atoms with Gasteiger partial charge in [0.15, 0.2) is 5.96 Å². The molecule has 0 amide bonds. The Bertz CT molecular complexity index is 967. The van der Waals surface area contributed by atoms with Crippen LogP contribution in [0.25, 0.3) is 10.8 Å². The highest BCUT2D eigenvalue weighted by atomic mass is 32.1. The van der Waals surface area contributed by atoms with Gasteiger partial charge in [-0.1, -0.05) is 36.4 Å². The van der Waals surface area contributed by atoms with E-state index in [1.807, 2.05) is 38.2 Å². The number of hydrogen-bond acceptors (Lipinski definition) is 5. The van der Waals surface area contributed by atoms with Crippen molar-refractivity contribution in [3.05, 3.63) is 58.5 Å². The SMILES string of the molecule is CCNC(=NCCOc1cccc2ccccc12)N(C)Cc1csc(C(C)OC)n1. The minimum atomic E-state index is 0.0159. The van der Waals surface area contributed by atoms with Crippen LogP contribution in [-0.4, -0.2) is 49.7 Å². The molecule has 1 aromatic heterocycles. The first kappa shape index (κ1) is 22.1. The predicted octanol–water partition coefficient (Wildman–Crippen LogP) is 4.48. The molecular formula is C23H30N4O2S. The van der Waals surface area contributed by atoms with E-state index in [-0.39, 0.29) is 6.10 Å². The summed E-state index contributed by atoms with van der Waals surface area (Å²) >= 11 is 1.63. The molecule has 1 heterocycles. The van der Waals surface area contributed by atoms with E-state index in [1.54, 1.807) is 18.4 Å². The average molecular weight is 427 g/mol. The largest absolute Gasteiger partial charge is 0.491 e. The van der Waals surface area contributed by atoms with Gasteiger partial charge in [-0.15, -0.1) is 11.3 Å². The molecule has 160 valence electrons. The molecule has 0 spiro atoms. The highest BCUT2D eigenvalue weighted by Crippen LogP contribution is 2.25. The summed E-state index contributed by atoms with van der Waals surface area (Å²) in [5.74, 6) is 1.73. The van der Waals surface area contributed by atoms with E-state index in [0.29, 0.717) is 19.7 Å². The number of guanidine groups is 1. The predicted molar refractivity (Wildman–Crippen MR) is 124 cm³/mol. The average Bonchev–Trinajstić information content (AvgIpc) is 3.23. The first-order valence-electron chi connectivity index (χ1n) is 10.2. The molecule has 0 aliphatic rings. The number of nitrogens with zero attached hydrogens (tertiary/aromatic N) is 3. The number of rotatable bonds is 9. The first-order valence-corrected chi connectivity index (χ1v) is 11.1. The molecule has 2 aromatic carbocycles. The second-order valence-electron chi connectivity index (χ2n) is 6.97. The van der Waals surface area contributed by atoms with E-state index in [1.165, 1.54) is 5.39 Å². The van der Waals surface area contributed by atoms with E-state index in [2.05, 4.69) is 45.7 Å². The van der Waals surface area contributed by atoms with Crippen molar-refractivity contribution in [1.82, 2.24) is 15.2 Å². The maximum atomic E-state index is 6.01. The Morgan fingerprint density at radius 1 is 1.23 bits per heavy atom. The molecule has 0 aliphatic carbocycles. The second-order valence-corrected chi connectivity index (χ2v) is 7.86. The molecule has 6 nitrogen and oxygen atoms in total. The highest BCUT2D eigenvalue weighted by Gasteiger charge is 2.12. The lowest BCUT2D eigenvalue weighted by Crippen LogP contribution is -2.38. The van der Waals surface area contributed by atoms with Crippen molar-refractivity contribution in [2.75, 3.05) is 33.9 Å². The monoisotopic (exact) mass is 426 g/mol. The van der Waals surface area contributed by atoms with Gasteiger partial charge in [-0.25, -0.2) is 9.98 Å². The molecule has 0 aliphatic heterocycles. The summed E-state index contributed by atoms with van der Waals surface area (Å²) in [5.41, 5.74) is 1.01. The fraction of sp³-hybridized carbons (Fsp3) is 0.391. The van der Waals surface area contributed by atoms with Crippen molar-refractivity contribution >= 4 is 28.1 Å². The first-order chi connectivity index (χ1) is 14.6. The molecule has 0 saturated heterocycles. The molecule has 0 saturated carbocycles. The number of aliphatic imine (C=N–C) groups is 1. The number of hydrogen-bond donors (Lipinski definition) is 1. The van der Waals surface area contributed by atoms with Crippen molar-refractivity contribution in [1.29, 1.82) is 0 Å². The Morgan fingerprint density at radius 3 is 2.83 bits per heavy atom. The van der Waals surface area contributed by atoms with Gasteiger partial charge in [0.25, 0.3) is 0 Å². The van der Waals surface area contributed by atoms with E-state index in [4.69, 9.17) is 14.5 Å². The van der Waals surface area contributed by atoms with Crippen LogP contribution in [0.3, 0.4) is 0 Å². The third-order valence-corrected chi connectivity index (χ3v) is 5.78. The van der Waals surface area contributed by atoms with Gasteiger partial charge in [0.1, 0.15) is 23.5 Å². The van der Waals surface area contributed by atoms with Gasteiger partial charge in [-0.2, -0.15) is 0 Å². The van der Waals surface area contributed by atoms with E-state index < -0.39 is 0 Å². The zero-order chi connectivity index (χ0) is 21.3. The Balaban J connectivity index is 1.59. The molecular weight excluding hydrogens is 396 g/mol. The normalized spacial score (nSPS) is 12.7. The molecule has 0 radical (unpaired) electrons. The summed E-state index contributed by atoms with van der Waals surface area (Å²) in [6.45, 7) is 6.65. The molecule has 1 unspecified atom stereocenters. The van der Waals surface area contributed by atoms with Crippen LogP contribution in [0, 0.1) is 0 Å². The summed E-state index contributed by atoms with van der Waals surface area (Å²) in [5, 5.41) is 8.71. The number of benzene rings is 2. The Kier molecular flexibility index (Phi) is 8.04. The fourth-order valence-electron chi connectivity index (χ4n) is 3.10. The lowest BCUT2D eigenvalue weighted by atomic mass is 10.1. The molecule has 7 heteroatoms. The third kappa shape index (κ3) is 5.70. The number of ether oxygens (including phenoxy) is 2. The molecule has 0 fully saturated rings. The smallest absolute Gasteiger partial charge is 0.194 e. The Morgan fingerprint density at radius 2 is 2.03 bits per heavy atom. The van der Waals surface area contributed by atoms with Gasteiger partial charge < -0.3 is 19.7 Å². The van der Waals surface area contributed by atoms with Gasteiger partial charge in [0.2, 0.25) is 0 Å². The van der Waals surface area contributed by atoms with Crippen molar-refractivity contribution < 1.29 is 9.47 Å². The van der Waals surface area contributed by atoms with Crippen LogP contribution in [0.15, 0.2) is 52.8 Å². The second kappa shape index (κ2) is 10.9. The quantitative estimate of drug-likeness (QED) is 0.311. The maximum absolute atomic E-state index is 6.01. The topological polar surface area (TPSA) is 59.0 Å². The number of fused-ring (bicyclic) bond motifs is 1. The number of thiazole rings is 1. The van der Waals surface area contributed by atoms with Crippen LogP contribution in [0.2, 0.25) is 0 Å². The van der Waals surface area contributed by atoms with Crippen molar-refractivity contribution in [3.63, 3.8) is 0 Å². The summed E-state index contributed by atoms with van der Waals surface area (Å²) < 4.78 is 11.4. The minimum absolute atomic E-state index is 0.0159. The van der Waals surface area contributed by atoms with Crippen molar-refractivity contribution in [3.8, 4) is 5.75 Å². The van der Waals surface area contributed by atoms with Crippen molar-refractivity contribution in [2.24, 2.45) is 4.99 Å². The van der Waals surface area contributed by atoms with E-state index >= 15 is 0 Å². The summed E-state index contributed by atoms with van der Waals surface area (Å²) in [6, 6.07) is 14.4. The zero-order valence-corrected chi connectivity index (χ0v) is 18.9. The van der Waals surface area contributed by atoms with Crippen LogP contribution in [0.5, 0.6) is 5.75 Å². The van der Waals surface area contributed by atoms with Crippen LogP contribution in [-0.2, 0) is 11.3 Å². The zero-order valence-electron chi connectivity index (χ0n) is 18.1. The van der Waals surface area contributed by atoms with Gasteiger partial charge >= 0.3 is 0 Å². The highest BCUT2D eigenvalue weighted by molar-refractivity contribution is 7.09. The molecule has 1 N–H and O–H groups in total. The van der Waals surface area contributed by atoms with E-state index in [0.717, 1.165) is 34.3 Å². The molecule has 1 atom stereocenters. The molecule has 3 rings (SSSR count). The summed E-state index contributed by atoms with van der Waals surface area (Å²) in [4.78, 5) is 11.5. The van der Waals surface area contributed by atoms with Gasteiger partial charge in [0, 0.05) is 31.5 Å². The third-order valence-electron chi connectivity index (χ3n) is 4.73. The number of aromatic nitrogens is 1. The summed E-state index contributed by atoms with van der Waals surface area (Å²) in [6.07, 6.45) is 0.0159. The maximum Gasteiger partial charge on any atom is 0.194 e. The van der Waals surface area contributed by atoms with Crippen LogP contribution < -0.4 is 10.1 Å². The van der Waals surface area contributed by atoms with Crippen LogP contribution in [0.1, 0.15) is 30.7 Å². The van der Waals surface area contributed by atoms with Crippen molar-refractivity contribution in [2.45, 2.75) is 26.5 Å². The standard InChI is InChI=1S/C23H30N4O2S/c1-5-24-23(27(3)15-19-16-30-22(26-19)17(2)28-4)25-13-14-29-21-12-8-10-18-9-6-7-11-20(18)21/h6-12,16-17H,5,13-15H2,1-4H3,(H,24,25). The van der Waals surface area contributed by atoms with Crippen LogP contribution in [0.4, 0.5) is 0 Å². The van der Waals surface area contributed by atoms with Crippen LogP contribution >= 0.6 is 11.3 Å². The summed E-state index contributed by atoms with van der Waals surface area (Å²) in [7, 11) is 3.72. The number of methoxy groups -OCH3 is 1. The number of nitrogens with one attached hydrogen (secondary N) is 1. The Hall–Kier alpha value is -2.64. The van der Waals surface area contributed by atoms with Gasteiger partial charge in [-0.05, 0) is 25.3 Å². The lowest BCUT2D eigenvalue weighted by Gasteiger charge is -2.21. The molecule has 30 heavy (non-hydrogen) atoms. The van der Waals surface area contributed by atoms with Gasteiger partial charge in [0.05, 0.1) is 18.8 Å². The fourth-order valence-corrected chi connectivity index (χ4v) is 3.94. The van der Waals surface area contributed by atoms with Gasteiger partial charge in [-0.3, -0.25) is 0 Å². The minimum Gasteiger partial charge on any atom is -0.491 e. The lowest BCUT2D eigenvalue weighted by molar-refractivity contribution is 0.119. The van der Waals surface area contributed by atoms with E-state index in [9.17, 15) is 0 Å².